The summed E-state index contributed by atoms with van der Waals surface area (Å²) >= 11 is 0. The molecule has 0 aliphatic heterocycles. The minimum atomic E-state index is -0.596. The smallest absolute Gasteiger partial charge is 0.239 e. The molecule has 4 N–H and O–H groups in total. The van der Waals surface area contributed by atoms with Gasteiger partial charge in [-0.15, -0.1) is 12.4 Å². The molecule has 0 aromatic heterocycles. The molecule has 1 aromatic carbocycles. The number of hydrogen-bond acceptors (Lipinski definition) is 4. The third-order valence-corrected chi connectivity index (χ3v) is 3.43. The van der Waals surface area contributed by atoms with Gasteiger partial charge in [0.25, 0.3) is 0 Å². The standard InChI is InChI=1S/C17H27N3O3.ClH/c1-4-23-14-8-6-5-7-13(14)9-10-19-15(21)11-20-17(22)16(18)12(2)3;/h5-8,12,16H,4,9-11,18H2,1-3H3,(H,19,21)(H,20,22);1H/t16-;/m0./s1. The van der Waals surface area contributed by atoms with Crippen LogP contribution < -0.4 is 21.1 Å². The highest BCUT2D eigenvalue weighted by atomic mass is 35.5. The number of nitrogens with two attached hydrogens (primary N) is 1. The van der Waals surface area contributed by atoms with Crippen LogP contribution in [0.3, 0.4) is 0 Å². The Kier molecular flexibility index (Phi) is 10.8. The molecule has 1 atom stereocenters. The second-order valence-electron chi connectivity index (χ2n) is 5.63. The third kappa shape index (κ3) is 7.66. The van der Waals surface area contributed by atoms with Crippen LogP contribution in [-0.4, -0.2) is 37.6 Å². The minimum Gasteiger partial charge on any atom is -0.494 e. The number of hydrogen-bond donors (Lipinski definition) is 3. The zero-order chi connectivity index (χ0) is 17.2. The summed E-state index contributed by atoms with van der Waals surface area (Å²) in [4.78, 5) is 23.4. The monoisotopic (exact) mass is 357 g/mol. The molecule has 0 unspecified atom stereocenters. The minimum absolute atomic E-state index is 0. The van der Waals surface area contributed by atoms with Gasteiger partial charge < -0.3 is 21.1 Å². The van der Waals surface area contributed by atoms with Crippen molar-refractivity contribution in [2.45, 2.75) is 33.2 Å². The van der Waals surface area contributed by atoms with Crippen LogP contribution in [0.15, 0.2) is 24.3 Å². The van der Waals surface area contributed by atoms with Crippen LogP contribution in [0.4, 0.5) is 0 Å². The average Bonchev–Trinajstić information content (AvgIpc) is 2.53. The Hall–Kier alpha value is -1.79. The van der Waals surface area contributed by atoms with Crippen molar-refractivity contribution in [2.75, 3.05) is 19.7 Å². The van der Waals surface area contributed by atoms with Crippen molar-refractivity contribution in [3.05, 3.63) is 29.8 Å². The van der Waals surface area contributed by atoms with Gasteiger partial charge in [-0.05, 0) is 30.9 Å². The summed E-state index contributed by atoms with van der Waals surface area (Å²) in [5.41, 5.74) is 6.75. The Morgan fingerprint density at radius 1 is 1.21 bits per heavy atom. The van der Waals surface area contributed by atoms with E-state index in [0.717, 1.165) is 11.3 Å². The maximum absolute atomic E-state index is 11.7. The highest BCUT2D eigenvalue weighted by Gasteiger charge is 2.17. The van der Waals surface area contributed by atoms with Crippen LogP contribution in [0.5, 0.6) is 5.75 Å². The molecule has 0 saturated carbocycles. The number of para-hydroxylation sites is 1. The molecule has 0 bridgehead atoms. The van der Waals surface area contributed by atoms with E-state index in [4.69, 9.17) is 10.5 Å². The molecule has 7 heteroatoms. The number of ether oxygens (including phenoxy) is 1. The van der Waals surface area contributed by atoms with Gasteiger partial charge in [-0.2, -0.15) is 0 Å². The van der Waals surface area contributed by atoms with E-state index in [2.05, 4.69) is 10.6 Å². The van der Waals surface area contributed by atoms with Gasteiger partial charge in [0.2, 0.25) is 11.8 Å². The molecule has 136 valence electrons. The zero-order valence-corrected chi connectivity index (χ0v) is 15.3. The summed E-state index contributed by atoms with van der Waals surface area (Å²) in [6.07, 6.45) is 0.668. The molecule has 0 heterocycles. The predicted molar refractivity (Wildman–Crippen MR) is 97.4 cm³/mol. The Bertz CT molecular complexity index is 524. The van der Waals surface area contributed by atoms with Crippen molar-refractivity contribution in [3.8, 4) is 5.75 Å². The maximum atomic E-state index is 11.7. The van der Waals surface area contributed by atoms with E-state index in [-0.39, 0.29) is 36.7 Å². The lowest BCUT2D eigenvalue weighted by Crippen LogP contribution is -2.47. The predicted octanol–water partition coefficient (Wildman–Crippen LogP) is 1.27. The quantitative estimate of drug-likeness (QED) is 0.620. The Labute approximate surface area is 149 Å². The van der Waals surface area contributed by atoms with Crippen molar-refractivity contribution in [1.29, 1.82) is 0 Å². The lowest BCUT2D eigenvalue weighted by molar-refractivity contribution is -0.127. The van der Waals surface area contributed by atoms with Gasteiger partial charge >= 0.3 is 0 Å². The van der Waals surface area contributed by atoms with Gasteiger partial charge in [0.1, 0.15) is 5.75 Å². The van der Waals surface area contributed by atoms with Gasteiger partial charge in [0.15, 0.2) is 0 Å². The molecule has 0 saturated heterocycles. The first-order valence-corrected chi connectivity index (χ1v) is 7.96. The molecule has 0 aliphatic rings. The van der Waals surface area contributed by atoms with Gasteiger partial charge in [-0.3, -0.25) is 9.59 Å². The summed E-state index contributed by atoms with van der Waals surface area (Å²) in [6.45, 7) is 6.68. The summed E-state index contributed by atoms with van der Waals surface area (Å²) < 4.78 is 5.54. The van der Waals surface area contributed by atoms with E-state index in [1.807, 2.05) is 45.0 Å². The van der Waals surface area contributed by atoms with Crippen LogP contribution in [0.1, 0.15) is 26.3 Å². The molecular weight excluding hydrogens is 330 g/mol. The summed E-state index contributed by atoms with van der Waals surface area (Å²) in [5.74, 6) is 0.327. The van der Waals surface area contributed by atoms with E-state index in [1.165, 1.54) is 0 Å². The van der Waals surface area contributed by atoms with Crippen molar-refractivity contribution in [2.24, 2.45) is 11.7 Å². The average molecular weight is 358 g/mol. The van der Waals surface area contributed by atoms with Gasteiger partial charge in [-0.1, -0.05) is 32.0 Å². The number of carbonyl (C=O) groups is 2. The van der Waals surface area contributed by atoms with Gasteiger partial charge in [0.05, 0.1) is 19.2 Å². The SMILES string of the molecule is CCOc1ccccc1CCNC(=O)CNC(=O)[C@@H](N)C(C)C.Cl. The Balaban J connectivity index is 0.00000529. The number of amides is 2. The Morgan fingerprint density at radius 3 is 2.50 bits per heavy atom. The fourth-order valence-electron chi connectivity index (χ4n) is 1.99. The molecular formula is C17H28ClN3O3. The largest absolute Gasteiger partial charge is 0.494 e. The first-order valence-electron chi connectivity index (χ1n) is 7.96. The van der Waals surface area contributed by atoms with Crippen molar-refractivity contribution < 1.29 is 14.3 Å². The molecule has 0 aliphatic carbocycles. The second kappa shape index (κ2) is 11.7. The van der Waals surface area contributed by atoms with Crippen molar-refractivity contribution in [1.82, 2.24) is 10.6 Å². The molecule has 0 radical (unpaired) electrons. The number of benzene rings is 1. The first kappa shape index (κ1) is 22.2. The molecule has 2 amide bonds. The van der Waals surface area contributed by atoms with Crippen molar-refractivity contribution in [3.63, 3.8) is 0 Å². The van der Waals surface area contributed by atoms with Gasteiger partial charge in [-0.25, -0.2) is 0 Å². The van der Waals surface area contributed by atoms with Crippen LogP contribution in [-0.2, 0) is 16.0 Å². The normalized spacial score (nSPS) is 11.4. The lowest BCUT2D eigenvalue weighted by Gasteiger charge is -2.15. The molecule has 0 spiro atoms. The zero-order valence-electron chi connectivity index (χ0n) is 14.5. The fourth-order valence-corrected chi connectivity index (χ4v) is 1.99. The summed E-state index contributed by atoms with van der Waals surface area (Å²) in [6, 6.07) is 7.14. The van der Waals surface area contributed by atoms with E-state index in [1.54, 1.807) is 0 Å². The van der Waals surface area contributed by atoms with Crippen molar-refractivity contribution >= 4 is 24.2 Å². The first-order chi connectivity index (χ1) is 11.0. The fraction of sp³-hybridized carbons (Fsp3) is 0.529. The number of nitrogens with one attached hydrogen (secondary N) is 2. The molecule has 24 heavy (non-hydrogen) atoms. The topological polar surface area (TPSA) is 93.5 Å². The third-order valence-electron chi connectivity index (χ3n) is 3.43. The second-order valence-corrected chi connectivity index (χ2v) is 5.63. The number of rotatable bonds is 9. The van der Waals surface area contributed by atoms with Crippen LogP contribution in [0.25, 0.3) is 0 Å². The van der Waals surface area contributed by atoms with Crippen LogP contribution in [0, 0.1) is 5.92 Å². The van der Waals surface area contributed by atoms with Crippen LogP contribution >= 0.6 is 12.4 Å². The van der Waals surface area contributed by atoms with E-state index in [0.29, 0.717) is 19.6 Å². The molecule has 1 aromatic rings. The molecule has 0 fully saturated rings. The lowest BCUT2D eigenvalue weighted by atomic mass is 10.1. The highest BCUT2D eigenvalue weighted by Crippen LogP contribution is 2.17. The van der Waals surface area contributed by atoms with Gasteiger partial charge in [0, 0.05) is 6.54 Å². The number of halogens is 1. The maximum Gasteiger partial charge on any atom is 0.239 e. The molecule has 1 rings (SSSR count). The molecule has 6 nitrogen and oxygen atoms in total. The van der Waals surface area contributed by atoms with Crippen LogP contribution in [0.2, 0.25) is 0 Å². The Morgan fingerprint density at radius 2 is 1.88 bits per heavy atom. The summed E-state index contributed by atoms with van der Waals surface area (Å²) in [5, 5.41) is 5.32. The highest BCUT2D eigenvalue weighted by molar-refractivity contribution is 5.87. The van der Waals surface area contributed by atoms with E-state index in [9.17, 15) is 9.59 Å². The summed E-state index contributed by atoms with van der Waals surface area (Å²) in [7, 11) is 0. The van der Waals surface area contributed by atoms with E-state index < -0.39 is 6.04 Å². The number of carbonyl (C=O) groups excluding carboxylic acids is 2. The van der Waals surface area contributed by atoms with E-state index >= 15 is 0 Å².